The van der Waals surface area contributed by atoms with Crippen molar-refractivity contribution < 1.29 is 57.8 Å². The first-order valence-electron chi connectivity index (χ1n) is 14.8. The zero-order valence-corrected chi connectivity index (χ0v) is 25.7. The summed E-state index contributed by atoms with van der Waals surface area (Å²) in [6.07, 6.45) is 1.28. The number of benzene rings is 2. The molecule has 0 aromatic heterocycles. The van der Waals surface area contributed by atoms with Gasteiger partial charge in [0.2, 0.25) is 11.8 Å². The van der Waals surface area contributed by atoms with E-state index in [0.29, 0.717) is 12.5 Å². The van der Waals surface area contributed by atoms with Crippen molar-refractivity contribution in [1.82, 2.24) is 31.1 Å². The molecule has 20 heteroatoms. The van der Waals surface area contributed by atoms with Crippen molar-refractivity contribution in [3.8, 4) is 17.2 Å². The highest BCUT2D eigenvalue weighted by atomic mass is 35.5. The zero-order valence-electron chi connectivity index (χ0n) is 25.0. The number of amides is 6. The van der Waals surface area contributed by atoms with Crippen molar-refractivity contribution in [2.24, 2.45) is 0 Å². The third-order valence-electron chi connectivity index (χ3n) is 8.19. The summed E-state index contributed by atoms with van der Waals surface area (Å²) in [5.74, 6) is -9.71. The predicted molar refractivity (Wildman–Crippen MR) is 161 cm³/mol. The number of carbonyl (C=O) groups excluding carboxylic acids is 4. The van der Waals surface area contributed by atoms with Crippen LogP contribution in [0, 0.1) is 11.6 Å². The molecule has 2 fully saturated rings. The summed E-state index contributed by atoms with van der Waals surface area (Å²) >= 11 is 6.13. The third-order valence-corrected chi connectivity index (χ3v) is 8.58. The summed E-state index contributed by atoms with van der Waals surface area (Å²) < 4.78 is 33.9. The highest BCUT2D eigenvalue weighted by molar-refractivity contribution is 6.47. The fourth-order valence-electron chi connectivity index (χ4n) is 5.67. The molecule has 2 aromatic rings. The molecule has 0 bridgehead atoms. The Bertz CT molecular complexity index is 1670. The average molecular weight is 695 g/mol. The monoisotopic (exact) mass is 694 g/mol. The number of urea groups is 2. The SMILES string of the molecule is O=C(O)c1c(F)ccc2c1OB(O)[C@@H](NC(=O)C(NC(=O)N1CCN(CCNC(=O)C3CCCN3)C1=O)c1cc(F)c(O)c(O)c1Cl)C2. The van der Waals surface area contributed by atoms with E-state index in [1.807, 2.05) is 0 Å². The molecule has 8 N–H and O–H groups in total. The molecular formula is C28H30BClF2N6O10. The number of nitrogens with zero attached hydrogens (tertiary/aromatic N) is 2. The maximum absolute atomic E-state index is 14.5. The van der Waals surface area contributed by atoms with Gasteiger partial charge >= 0.3 is 25.1 Å². The van der Waals surface area contributed by atoms with Gasteiger partial charge in [-0.3, -0.25) is 9.59 Å². The van der Waals surface area contributed by atoms with Crippen molar-refractivity contribution >= 4 is 48.6 Å². The van der Waals surface area contributed by atoms with Crippen LogP contribution in [0.3, 0.4) is 0 Å². The molecule has 3 atom stereocenters. The van der Waals surface area contributed by atoms with Gasteiger partial charge in [-0.1, -0.05) is 17.7 Å². The second kappa shape index (κ2) is 14.1. The van der Waals surface area contributed by atoms with Crippen LogP contribution in [-0.2, 0) is 16.0 Å². The van der Waals surface area contributed by atoms with Gasteiger partial charge in [0.15, 0.2) is 17.3 Å². The lowest BCUT2D eigenvalue weighted by Crippen LogP contribution is -2.56. The maximum Gasteiger partial charge on any atom is 0.547 e. The normalized spacial score (nSPS) is 19.4. The molecule has 3 heterocycles. The molecule has 3 aliphatic heterocycles. The van der Waals surface area contributed by atoms with Crippen LogP contribution in [0.2, 0.25) is 5.02 Å². The molecule has 2 aromatic carbocycles. The van der Waals surface area contributed by atoms with Crippen LogP contribution in [0.25, 0.3) is 0 Å². The Balaban J connectivity index is 1.32. The average Bonchev–Trinajstić information content (AvgIpc) is 3.71. The summed E-state index contributed by atoms with van der Waals surface area (Å²) in [4.78, 5) is 65.9. The highest BCUT2D eigenvalue weighted by Gasteiger charge is 2.42. The molecule has 6 amide bonds. The Morgan fingerprint density at radius 1 is 1.15 bits per heavy atom. The first kappa shape index (κ1) is 34.5. The minimum atomic E-state index is -1.94. The zero-order chi connectivity index (χ0) is 34.9. The quantitative estimate of drug-likeness (QED) is 0.131. The molecule has 5 rings (SSSR count). The largest absolute Gasteiger partial charge is 0.547 e. The van der Waals surface area contributed by atoms with Gasteiger partial charge in [0.25, 0.3) is 0 Å². The lowest BCUT2D eigenvalue weighted by molar-refractivity contribution is -0.124. The van der Waals surface area contributed by atoms with E-state index in [1.54, 1.807) is 0 Å². The number of carboxylic acids is 1. The fourth-order valence-corrected chi connectivity index (χ4v) is 5.92. The summed E-state index contributed by atoms with van der Waals surface area (Å²) in [7, 11) is -1.92. The number of carbonyl (C=O) groups is 5. The van der Waals surface area contributed by atoms with Crippen LogP contribution in [0.1, 0.15) is 40.4 Å². The van der Waals surface area contributed by atoms with Gasteiger partial charge in [0, 0.05) is 31.7 Å². The van der Waals surface area contributed by atoms with E-state index in [2.05, 4.69) is 21.3 Å². The number of imide groups is 1. The molecule has 0 aliphatic carbocycles. The van der Waals surface area contributed by atoms with Gasteiger partial charge < -0.3 is 51.2 Å². The summed E-state index contributed by atoms with van der Waals surface area (Å²) in [6, 6.07) is -1.52. The van der Waals surface area contributed by atoms with Gasteiger partial charge in [-0.05, 0) is 43.5 Å². The lowest BCUT2D eigenvalue weighted by Gasteiger charge is -2.31. The van der Waals surface area contributed by atoms with Crippen LogP contribution in [0.4, 0.5) is 18.4 Å². The summed E-state index contributed by atoms with van der Waals surface area (Å²) in [6.45, 7) is 0.864. The fraction of sp³-hybridized carbons (Fsp3) is 0.393. The number of phenols is 2. The minimum absolute atomic E-state index is 0.0718. The maximum atomic E-state index is 14.5. The molecule has 48 heavy (non-hydrogen) atoms. The molecule has 16 nitrogen and oxygen atoms in total. The smallest absolute Gasteiger partial charge is 0.534 e. The molecule has 0 saturated carbocycles. The van der Waals surface area contributed by atoms with Gasteiger partial charge in [0.1, 0.15) is 23.2 Å². The molecule has 0 radical (unpaired) electrons. The van der Waals surface area contributed by atoms with E-state index in [4.69, 9.17) is 16.3 Å². The van der Waals surface area contributed by atoms with E-state index >= 15 is 0 Å². The van der Waals surface area contributed by atoms with Crippen LogP contribution in [-0.4, -0.2) is 112 Å². The summed E-state index contributed by atoms with van der Waals surface area (Å²) in [5, 5.41) is 49.6. The van der Waals surface area contributed by atoms with Crippen molar-refractivity contribution in [3.63, 3.8) is 0 Å². The van der Waals surface area contributed by atoms with Crippen LogP contribution < -0.4 is 25.9 Å². The number of hydrogen-bond donors (Lipinski definition) is 8. The molecular weight excluding hydrogens is 665 g/mol. The van der Waals surface area contributed by atoms with E-state index in [0.717, 1.165) is 23.9 Å². The van der Waals surface area contributed by atoms with Crippen LogP contribution in [0.5, 0.6) is 17.2 Å². The minimum Gasteiger partial charge on any atom is -0.534 e. The topological polar surface area (TPSA) is 230 Å². The van der Waals surface area contributed by atoms with E-state index in [1.165, 1.54) is 11.0 Å². The predicted octanol–water partition coefficient (Wildman–Crippen LogP) is 0.224. The standard InChI is InChI=1S/C28H30BClF2N6O10/c30-19-13(11-15(32)21(39)22(19)40)20(25(42)35-17-10-12-3-4-14(31)18(26(43)44)23(12)48-29(17)47)36-27(45)38-9-8-37(28(38)46)7-6-34-24(41)16-2-1-5-33-16/h3-4,11,16-17,20,33,39-40,47H,1-2,5-10H2,(H,34,41)(H,35,42)(H,36,45)(H,43,44)/t16?,17-,20?/m0/s1. The lowest BCUT2D eigenvalue weighted by atomic mass is 9.72. The third kappa shape index (κ3) is 6.88. The van der Waals surface area contributed by atoms with E-state index in [9.17, 15) is 53.1 Å². The van der Waals surface area contributed by atoms with E-state index in [-0.39, 0.29) is 50.1 Å². The van der Waals surface area contributed by atoms with Gasteiger partial charge in [-0.25, -0.2) is 28.1 Å². The molecule has 2 unspecified atom stereocenters. The number of nitrogens with one attached hydrogen (secondary N) is 4. The highest BCUT2D eigenvalue weighted by Crippen LogP contribution is 2.40. The van der Waals surface area contributed by atoms with Crippen molar-refractivity contribution in [2.75, 3.05) is 32.7 Å². The van der Waals surface area contributed by atoms with Gasteiger partial charge in [-0.2, -0.15) is 0 Å². The number of fused-ring (bicyclic) bond motifs is 1. The first-order valence-corrected chi connectivity index (χ1v) is 15.1. The Morgan fingerprint density at radius 2 is 1.90 bits per heavy atom. The van der Waals surface area contributed by atoms with Crippen molar-refractivity contribution in [1.29, 1.82) is 0 Å². The van der Waals surface area contributed by atoms with Crippen LogP contribution >= 0.6 is 11.6 Å². The van der Waals surface area contributed by atoms with Crippen LogP contribution in [0.15, 0.2) is 18.2 Å². The number of carboxylic acid groups (broad SMARTS) is 1. The number of aromatic hydroxyl groups is 2. The Morgan fingerprint density at radius 3 is 2.58 bits per heavy atom. The number of aromatic carboxylic acids is 1. The first-order chi connectivity index (χ1) is 22.8. The Labute approximate surface area is 276 Å². The number of hydrogen-bond acceptors (Lipinski definition) is 10. The molecule has 256 valence electrons. The number of halogens is 3. The van der Waals surface area contributed by atoms with Crippen molar-refractivity contribution in [2.45, 2.75) is 37.3 Å². The second-order valence-corrected chi connectivity index (χ2v) is 11.6. The summed E-state index contributed by atoms with van der Waals surface area (Å²) in [5.41, 5.74) is -1.26. The molecule has 2 saturated heterocycles. The Hall–Kier alpha value is -4.88. The Kier molecular flexibility index (Phi) is 10.1. The van der Waals surface area contributed by atoms with E-state index < -0.39 is 88.1 Å². The van der Waals surface area contributed by atoms with Gasteiger partial charge in [0.05, 0.1) is 17.0 Å². The van der Waals surface area contributed by atoms with Gasteiger partial charge in [-0.15, -0.1) is 0 Å². The number of phenolic OH excluding ortho intramolecular Hbond substituents is 2. The van der Waals surface area contributed by atoms with Crippen molar-refractivity contribution in [3.05, 3.63) is 51.5 Å². The number of rotatable bonds is 9. The molecule has 3 aliphatic rings. The second-order valence-electron chi connectivity index (χ2n) is 11.2. The molecule has 0 spiro atoms.